The maximum Gasteiger partial charge on any atom is 0.258 e. The lowest BCUT2D eigenvalue weighted by Crippen LogP contribution is -2.54. The molecule has 2 aliphatic heterocycles. The lowest BCUT2D eigenvalue weighted by Gasteiger charge is -2.36. The predicted octanol–water partition coefficient (Wildman–Crippen LogP) is 3.09. The summed E-state index contributed by atoms with van der Waals surface area (Å²) >= 11 is 0. The highest BCUT2D eigenvalue weighted by Crippen LogP contribution is 2.29. The second-order valence-electron chi connectivity index (χ2n) is 9.62. The third kappa shape index (κ3) is 5.93. The van der Waals surface area contributed by atoms with Gasteiger partial charge in [0.2, 0.25) is 11.7 Å². The summed E-state index contributed by atoms with van der Waals surface area (Å²) in [5.41, 5.74) is 4.31. The fourth-order valence-corrected chi connectivity index (χ4v) is 4.64. The Morgan fingerprint density at radius 1 is 1.16 bits per heavy atom. The molecule has 3 aromatic rings. The van der Waals surface area contributed by atoms with Crippen molar-refractivity contribution < 1.29 is 19.2 Å². The molecule has 0 spiro atoms. The van der Waals surface area contributed by atoms with Gasteiger partial charge < -0.3 is 19.3 Å². The van der Waals surface area contributed by atoms with Crippen LogP contribution in [0.3, 0.4) is 0 Å². The molecule has 0 aliphatic carbocycles. The van der Waals surface area contributed by atoms with Crippen LogP contribution in [0.25, 0.3) is 22.8 Å². The molecule has 1 saturated heterocycles. The Balaban J connectivity index is 0.00000320. The van der Waals surface area contributed by atoms with E-state index >= 15 is 0 Å². The van der Waals surface area contributed by atoms with Crippen molar-refractivity contribution in [1.82, 2.24) is 19.9 Å². The zero-order valence-electron chi connectivity index (χ0n) is 20.9. The topological polar surface area (TPSA) is 116 Å². The normalized spacial score (nSPS) is 15.8. The summed E-state index contributed by atoms with van der Waals surface area (Å²) in [4.78, 5) is 21.2. The van der Waals surface area contributed by atoms with Crippen molar-refractivity contribution in [2.75, 3.05) is 32.7 Å². The van der Waals surface area contributed by atoms with Gasteiger partial charge in [-0.25, -0.2) is 0 Å². The number of β-amino-alcohol motifs (C(OH)–C–C–N with tert-alkyl or cyclic N) is 1. The summed E-state index contributed by atoms with van der Waals surface area (Å²) in [5, 5.41) is 23.1. The molecule has 194 valence electrons. The molecule has 0 saturated carbocycles. The van der Waals surface area contributed by atoms with Crippen LogP contribution in [0, 0.1) is 11.3 Å². The number of fused-ring (bicyclic) bond motifs is 1. The van der Waals surface area contributed by atoms with Crippen molar-refractivity contribution in [3.63, 3.8) is 0 Å². The maximum absolute atomic E-state index is 12.7. The highest BCUT2D eigenvalue weighted by Gasteiger charge is 2.28. The number of halogens is 1. The van der Waals surface area contributed by atoms with E-state index in [1.54, 1.807) is 18.2 Å². The van der Waals surface area contributed by atoms with E-state index in [0.717, 1.165) is 18.4 Å². The van der Waals surface area contributed by atoms with E-state index in [2.05, 4.69) is 28.3 Å². The quantitative estimate of drug-likeness (QED) is 0.524. The molecule has 0 bridgehead atoms. The van der Waals surface area contributed by atoms with Gasteiger partial charge in [-0.3, -0.25) is 9.69 Å². The minimum atomic E-state index is -0.304. The Hall–Kier alpha value is -3.45. The van der Waals surface area contributed by atoms with Crippen LogP contribution < -0.4 is 4.74 Å². The summed E-state index contributed by atoms with van der Waals surface area (Å²) in [7, 11) is 0. The van der Waals surface area contributed by atoms with Gasteiger partial charge in [0.25, 0.3) is 5.89 Å². The molecular weight excluding hydrogens is 494 g/mol. The zero-order valence-corrected chi connectivity index (χ0v) is 21.7. The van der Waals surface area contributed by atoms with Gasteiger partial charge in [-0.05, 0) is 62.1 Å². The molecule has 10 heteroatoms. The molecule has 0 atom stereocenters. The number of hydrogen-bond acceptors (Lipinski definition) is 8. The number of rotatable bonds is 6. The van der Waals surface area contributed by atoms with E-state index in [-0.39, 0.29) is 30.5 Å². The molecule has 37 heavy (non-hydrogen) atoms. The van der Waals surface area contributed by atoms with Crippen LogP contribution in [0.4, 0.5) is 0 Å². The molecule has 2 aromatic carbocycles. The molecule has 9 nitrogen and oxygen atoms in total. The molecule has 1 aromatic heterocycles. The number of carbonyl (C=O) groups is 1. The van der Waals surface area contributed by atoms with Gasteiger partial charge in [-0.15, -0.1) is 12.4 Å². The molecule has 1 amide bonds. The number of amides is 1. The van der Waals surface area contributed by atoms with Crippen molar-refractivity contribution in [1.29, 1.82) is 5.26 Å². The van der Waals surface area contributed by atoms with Crippen LogP contribution in [0.2, 0.25) is 0 Å². The Kier molecular flexibility index (Phi) is 8.13. The van der Waals surface area contributed by atoms with Crippen LogP contribution in [0.5, 0.6) is 5.75 Å². The lowest BCUT2D eigenvalue weighted by molar-refractivity contribution is -0.135. The van der Waals surface area contributed by atoms with E-state index in [1.165, 1.54) is 11.1 Å². The Morgan fingerprint density at radius 2 is 1.89 bits per heavy atom. The van der Waals surface area contributed by atoms with Gasteiger partial charge in [0.15, 0.2) is 0 Å². The van der Waals surface area contributed by atoms with Gasteiger partial charge in [0, 0.05) is 37.3 Å². The van der Waals surface area contributed by atoms with E-state index in [9.17, 15) is 15.2 Å². The molecule has 1 fully saturated rings. The first kappa shape index (κ1) is 26.6. The minimum absolute atomic E-state index is 0. The smallest absolute Gasteiger partial charge is 0.258 e. The van der Waals surface area contributed by atoms with Crippen LogP contribution in [0.1, 0.15) is 30.5 Å². The van der Waals surface area contributed by atoms with Crippen LogP contribution in [-0.2, 0) is 17.6 Å². The molecule has 3 heterocycles. The van der Waals surface area contributed by atoms with Gasteiger partial charge in [-0.2, -0.15) is 10.2 Å². The highest BCUT2D eigenvalue weighted by molar-refractivity contribution is 5.85. The van der Waals surface area contributed by atoms with Crippen molar-refractivity contribution in [2.24, 2.45) is 0 Å². The molecule has 0 radical (unpaired) electrons. The van der Waals surface area contributed by atoms with E-state index in [4.69, 9.17) is 9.26 Å². The second kappa shape index (κ2) is 11.3. The van der Waals surface area contributed by atoms with Crippen LogP contribution in [0.15, 0.2) is 40.9 Å². The minimum Gasteiger partial charge on any atom is -0.490 e. The monoisotopic (exact) mass is 523 g/mol. The fraction of sp³-hybridized carbons (Fsp3) is 0.407. The average molecular weight is 524 g/mol. The van der Waals surface area contributed by atoms with Crippen molar-refractivity contribution in [3.8, 4) is 34.7 Å². The summed E-state index contributed by atoms with van der Waals surface area (Å²) in [5.74, 6) is 1.44. The number of hydrogen-bond donors (Lipinski definition) is 1. The third-order valence-electron chi connectivity index (χ3n) is 6.55. The average Bonchev–Trinajstić information content (AvgIpc) is 3.24. The van der Waals surface area contributed by atoms with Crippen molar-refractivity contribution in [2.45, 2.75) is 38.9 Å². The van der Waals surface area contributed by atoms with Gasteiger partial charge in [-0.1, -0.05) is 17.3 Å². The van der Waals surface area contributed by atoms with Gasteiger partial charge in [0.05, 0.1) is 24.3 Å². The standard InChI is InChI=1S/C27H29N5O4.ClH/c1-17(2)35-24-6-5-21(12-22(24)13-28)27-29-26(30-36-27)20-4-3-18-7-9-32(10-8-19(18)11-20)25(34)16-31-14-23(33)15-31;/h3-6,11-12,17,23,33H,7-10,14-16H2,1-2H3;1H. The Bertz CT molecular complexity index is 1310. The van der Waals surface area contributed by atoms with Crippen LogP contribution >= 0.6 is 12.4 Å². The summed E-state index contributed by atoms with van der Waals surface area (Å²) in [6.07, 6.45) is 1.21. The number of aliphatic hydroxyl groups is 1. The van der Waals surface area contributed by atoms with Crippen molar-refractivity contribution in [3.05, 3.63) is 53.1 Å². The van der Waals surface area contributed by atoms with E-state index in [1.807, 2.05) is 29.7 Å². The Labute approximate surface area is 222 Å². The van der Waals surface area contributed by atoms with E-state index in [0.29, 0.717) is 61.3 Å². The molecule has 2 aliphatic rings. The number of carbonyl (C=O) groups excluding carboxylic acids is 1. The summed E-state index contributed by atoms with van der Waals surface area (Å²) in [6.45, 7) is 6.68. The summed E-state index contributed by atoms with van der Waals surface area (Å²) < 4.78 is 11.2. The van der Waals surface area contributed by atoms with E-state index < -0.39 is 0 Å². The first-order chi connectivity index (χ1) is 17.4. The second-order valence-corrected chi connectivity index (χ2v) is 9.62. The zero-order chi connectivity index (χ0) is 25.2. The molecule has 0 unspecified atom stereocenters. The largest absolute Gasteiger partial charge is 0.490 e. The molecule has 1 N–H and O–H groups in total. The first-order valence-corrected chi connectivity index (χ1v) is 12.2. The van der Waals surface area contributed by atoms with Crippen molar-refractivity contribution >= 4 is 18.3 Å². The highest BCUT2D eigenvalue weighted by atomic mass is 35.5. The number of aromatic nitrogens is 2. The third-order valence-corrected chi connectivity index (χ3v) is 6.55. The fourth-order valence-electron chi connectivity index (χ4n) is 4.64. The van der Waals surface area contributed by atoms with Crippen LogP contribution in [-0.4, -0.2) is 75.9 Å². The number of nitriles is 1. The first-order valence-electron chi connectivity index (χ1n) is 12.2. The SMILES string of the molecule is CC(C)Oc1ccc(-c2nc(-c3ccc4c(c3)CCN(C(=O)CN3CC(O)C3)CC4)no2)cc1C#N.Cl. The lowest BCUT2D eigenvalue weighted by atomic mass is 10.00. The number of ether oxygens (including phenoxy) is 1. The molecule has 5 rings (SSSR count). The Morgan fingerprint density at radius 3 is 2.59 bits per heavy atom. The number of likely N-dealkylation sites (tertiary alicyclic amines) is 1. The number of nitrogens with zero attached hydrogens (tertiary/aromatic N) is 5. The number of benzene rings is 2. The van der Waals surface area contributed by atoms with Gasteiger partial charge >= 0.3 is 0 Å². The predicted molar refractivity (Wildman–Crippen MR) is 139 cm³/mol. The summed E-state index contributed by atoms with van der Waals surface area (Å²) in [6, 6.07) is 13.5. The van der Waals surface area contributed by atoms with Gasteiger partial charge in [0.1, 0.15) is 11.8 Å². The number of aliphatic hydroxyl groups excluding tert-OH is 1. The maximum atomic E-state index is 12.7. The molecular formula is C27H30ClN5O4.